The van der Waals surface area contributed by atoms with Gasteiger partial charge in [-0.3, -0.25) is 19.8 Å². The molecule has 28 heavy (non-hydrogen) atoms. The fourth-order valence-corrected chi connectivity index (χ4v) is 3.00. The number of benzene rings is 1. The Bertz CT molecular complexity index is 762. The minimum Gasteiger partial charge on any atom is -0.335 e. The van der Waals surface area contributed by atoms with Crippen LogP contribution in [0.1, 0.15) is 51.7 Å². The zero-order valence-corrected chi connectivity index (χ0v) is 16.8. The van der Waals surface area contributed by atoms with E-state index in [4.69, 9.17) is 0 Å². The number of rotatable bonds is 7. The molecule has 1 aromatic rings. The Morgan fingerprint density at radius 2 is 1.82 bits per heavy atom. The van der Waals surface area contributed by atoms with Gasteiger partial charge in [-0.05, 0) is 37.8 Å². The van der Waals surface area contributed by atoms with E-state index in [2.05, 4.69) is 22.9 Å². The van der Waals surface area contributed by atoms with Gasteiger partial charge >= 0.3 is 12.1 Å². The van der Waals surface area contributed by atoms with Gasteiger partial charge in [0.1, 0.15) is 12.1 Å². The molecule has 1 aromatic carbocycles. The maximum Gasteiger partial charge on any atom is 0.325 e. The molecule has 0 bridgehead atoms. The Balaban J connectivity index is 2.06. The van der Waals surface area contributed by atoms with Crippen LogP contribution in [0.15, 0.2) is 24.3 Å². The lowest BCUT2D eigenvalue weighted by Gasteiger charge is -2.22. The van der Waals surface area contributed by atoms with Gasteiger partial charge in [0, 0.05) is 6.04 Å². The van der Waals surface area contributed by atoms with E-state index in [1.807, 2.05) is 31.2 Å². The average molecular weight is 388 g/mol. The largest absolute Gasteiger partial charge is 0.335 e. The van der Waals surface area contributed by atoms with Gasteiger partial charge in [0.25, 0.3) is 5.91 Å². The fourth-order valence-electron chi connectivity index (χ4n) is 3.00. The smallest absolute Gasteiger partial charge is 0.325 e. The third-order valence-electron chi connectivity index (χ3n) is 4.89. The highest BCUT2D eigenvalue weighted by Gasteiger charge is 2.49. The van der Waals surface area contributed by atoms with E-state index in [0.29, 0.717) is 12.0 Å². The van der Waals surface area contributed by atoms with E-state index < -0.39 is 36.0 Å². The van der Waals surface area contributed by atoms with Crippen LogP contribution in [-0.2, 0) is 21.5 Å². The van der Waals surface area contributed by atoms with Crippen molar-refractivity contribution in [1.82, 2.24) is 20.9 Å². The summed E-state index contributed by atoms with van der Waals surface area (Å²) in [5, 5.41) is 7.38. The quantitative estimate of drug-likeness (QED) is 0.621. The number of nitrogens with zero attached hydrogens (tertiary/aromatic N) is 1. The molecule has 1 fully saturated rings. The molecular weight excluding hydrogens is 360 g/mol. The first-order valence-corrected chi connectivity index (χ1v) is 9.55. The van der Waals surface area contributed by atoms with Crippen molar-refractivity contribution in [2.45, 2.75) is 58.5 Å². The Labute approximate surface area is 165 Å². The average Bonchev–Trinajstić information content (AvgIpc) is 2.86. The molecule has 2 rings (SSSR count). The van der Waals surface area contributed by atoms with Gasteiger partial charge in [-0.2, -0.15) is 0 Å². The van der Waals surface area contributed by atoms with Crippen LogP contribution in [0.4, 0.5) is 9.59 Å². The first-order valence-electron chi connectivity index (χ1n) is 9.55. The highest BCUT2D eigenvalue weighted by Crippen LogP contribution is 2.29. The molecule has 1 aliphatic rings. The van der Waals surface area contributed by atoms with Gasteiger partial charge in [-0.25, -0.2) is 9.59 Å². The van der Waals surface area contributed by atoms with Gasteiger partial charge in [0.2, 0.25) is 5.91 Å². The van der Waals surface area contributed by atoms with Crippen molar-refractivity contribution in [3.8, 4) is 0 Å². The molecule has 0 aliphatic carbocycles. The lowest BCUT2D eigenvalue weighted by atomic mass is 9.91. The molecule has 152 valence electrons. The topological polar surface area (TPSA) is 108 Å². The zero-order valence-electron chi connectivity index (χ0n) is 16.8. The van der Waals surface area contributed by atoms with Crippen molar-refractivity contribution in [2.75, 3.05) is 6.54 Å². The molecule has 0 saturated carbocycles. The summed E-state index contributed by atoms with van der Waals surface area (Å²) in [5.41, 5.74) is 0.541. The minimum absolute atomic E-state index is 0.0940. The summed E-state index contributed by atoms with van der Waals surface area (Å²) in [6.07, 6.45) is 2.66. The summed E-state index contributed by atoms with van der Waals surface area (Å²) in [5.74, 6) is -1.26. The monoisotopic (exact) mass is 388 g/mol. The van der Waals surface area contributed by atoms with E-state index in [1.165, 1.54) is 0 Å². The van der Waals surface area contributed by atoms with Crippen LogP contribution in [0.3, 0.4) is 0 Å². The first-order chi connectivity index (χ1) is 13.2. The summed E-state index contributed by atoms with van der Waals surface area (Å²) in [6.45, 7) is 6.87. The second-order valence-electron chi connectivity index (χ2n) is 7.22. The molecule has 3 N–H and O–H groups in total. The number of aryl methyl sites for hydroxylation is 1. The molecule has 1 aliphatic heterocycles. The highest BCUT2D eigenvalue weighted by atomic mass is 16.2. The van der Waals surface area contributed by atoms with Crippen LogP contribution in [0, 0.1) is 0 Å². The minimum atomic E-state index is -1.25. The Morgan fingerprint density at radius 3 is 2.39 bits per heavy atom. The summed E-state index contributed by atoms with van der Waals surface area (Å²) >= 11 is 0. The normalized spacial score (nSPS) is 19.9. The second-order valence-corrected chi connectivity index (χ2v) is 7.22. The van der Waals surface area contributed by atoms with Crippen molar-refractivity contribution >= 4 is 23.9 Å². The van der Waals surface area contributed by atoms with E-state index in [9.17, 15) is 19.2 Å². The molecule has 8 nitrogen and oxygen atoms in total. The van der Waals surface area contributed by atoms with Crippen molar-refractivity contribution in [1.29, 1.82) is 0 Å². The number of carbonyl (C=O) groups is 4. The van der Waals surface area contributed by atoms with Crippen LogP contribution in [-0.4, -0.2) is 41.4 Å². The summed E-state index contributed by atoms with van der Waals surface area (Å²) < 4.78 is 0. The molecule has 1 saturated heterocycles. The van der Waals surface area contributed by atoms with Gasteiger partial charge < -0.3 is 10.6 Å². The fraction of sp³-hybridized carbons (Fsp3) is 0.500. The van der Waals surface area contributed by atoms with E-state index in [-0.39, 0.29) is 6.04 Å². The molecule has 2 atom stereocenters. The van der Waals surface area contributed by atoms with Crippen LogP contribution >= 0.6 is 0 Å². The molecule has 0 radical (unpaired) electrons. The Hall–Kier alpha value is -2.90. The van der Waals surface area contributed by atoms with E-state index in [1.54, 1.807) is 13.8 Å². The van der Waals surface area contributed by atoms with Gasteiger partial charge in [-0.1, -0.05) is 44.5 Å². The highest BCUT2D eigenvalue weighted by molar-refractivity contribution is 6.10. The predicted octanol–water partition coefficient (Wildman–Crippen LogP) is 2.03. The van der Waals surface area contributed by atoms with Crippen LogP contribution in [0.2, 0.25) is 0 Å². The number of nitrogens with one attached hydrogen (secondary N) is 3. The summed E-state index contributed by atoms with van der Waals surface area (Å²) in [4.78, 5) is 49.8. The first kappa shape index (κ1) is 21.4. The molecular formula is C20H28N4O4. The number of carbonyl (C=O) groups excluding carboxylic acids is 4. The predicted molar refractivity (Wildman–Crippen MR) is 104 cm³/mol. The van der Waals surface area contributed by atoms with Crippen LogP contribution in [0.5, 0.6) is 0 Å². The lowest BCUT2D eigenvalue weighted by molar-refractivity contribution is -0.134. The summed E-state index contributed by atoms with van der Waals surface area (Å²) in [6, 6.07) is 6.07. The standard InChI is InChI=1S/C20H28N4O4/c1-5-7-14-8-10-15(11-9-14)20(4)17(26)24(19(28)23-20)12-16(25)22-18(27)21-13(3)6-2/h8-11,13H,5-7,12H2,1-4H3,(H,23,28)(H2,21,22,25,27)/t13-,20+/m0/s1. The maximum atomic E-state index is 12.9. The molecule has 0 aromatic heterocycles. The number of imide groups is 2. The number of urea groups is 2. The molecule has 8 heteroatoms. The molecule has 1 heterocycles. The number of amides is 6. The maximum absolute atomic E-state index is 12.9. The van der Waals surface area contributed by atoms with Crippen molar-refractivity contribution in [3.05, 3.63) is 35.4 Å². The molecule has 0 spiro atoms. The SMILES string of the molecule is CCCc1ccc([C@@]2(C)NC(=O)N(CC(=O)NC(=O)N[C@@H](C)CC)C2=O)cc1. The lowest BCUT2D eigenvalue weighted by Crippen LogP contribution is -2.48. The Kier molecular flexibility index (Phi) is 6.77. The van der Waals surface area contributed by atoms with E-state index >= 15 is 0 Å². The third kappa shape index (κ3) is 4.68. The van der Waals surface area contributed by atoms with E-state index in [0.717, 1.165) is 23.3 Å². The zero-order chi connectivity index (χ0) is 20.9. The van der Waals surface area contributed by atoms with Crippen molar-refractivity contribution in [3.63, 3.8) is 0 Å². The third-order valence-corrected chi connectivity index (χ3v) is 4.89. The van der Waals surface area contributed by atoms with Gasteiger partial charge in [0.15, 0.2) is 0 Å². The van der Waals surface area contributed by atoms with Gasteiger partial charge in [-0.15, -0.1) is 0 Å². The number of hydrogen-bond donors (Lipinski definition) is 3. The molecule has 6 amide bonds. The Morgan fingerprint density at radius 1 is 1.18 bits per heavy atom. The van der Waals surface area contributed by atoms with Crippen molar-refractivity contribution < 1.29 is 19.2 Å². The van der Waals surface area contributed by atoms with Gasteiger partial charge in [0.05, 0.1) is 0 Å². The van der Waals surface area contributed by atoms with Crippen molar-refractivity contribution in [2.24, 2.45) is 0 Å². The molecule has 0 unspecified atom stereocenters. The van der Waals surface area contributed by atoms with Crippen LogP contribution < -0.4 is 16.0 Å². The second kappa shape index (κ2) is 8.86. The van der Waals surface area contributed by atoms with Crippen LogP contribution in [0.25, 0.3) is 0 Å². The summed E-state index contributed by atoms with van der Waals surface area (Å²) in [7, 11) is 0. The number of hydrogen-bond acceptors (Lipinski definition) is 4.